The predicted molar refractivity (Wildman–Crippen MR) is 65.5 cm³/mol. The minimum Gasteiger partial charge on any atom is -0.463 e. The second-order valence-corrected chi connectivity index (χ2v) is 5.88. The number of hydrogen-bond donors (Lipinski definition) is 2. The minimum atomic E-state index is -0.524. The van der Waals surface area contributed by atoms with E-state index in [4.69, 9.17) is 10.2 Å². The first kappa shape index (κ1) is 11.3. The first-order valence-electron chi connectivity index (χ1n) is 6.64. The SMILES string of the molecule is CC1CC1c1ccc(C(O)C2(CN)CCC2)o1. The first-order chi connectivity index (χ1) is 8.16. The first-order valence-corrected chi connectivity index (χ1v) is 6.64. The summed E-state index contributed by atoms with van der Waals surface area (Å²) in [6.45, 7) is 2.78. The van der Waals surface area contributed by atoms with Crippen LogP contribution >= 0.6 is 0 Å². The number of nitrogens with two attached hydrogens (primary N) is 1. The van der Waals surface area contributed by atoms with Gasteiger partial charge in [0, 0.05) is 17.9 Å². The lowest BCUT2D eigenvalue weighted by molar-refractivity contribution is -0.0422. The van der Waals surface area contributed by atoms with Crippen molar-refractivity contribution in [1.82, 2.24) is 0 Å². The molecule has 3 unspecified atom stereocenters. The van der Waals surface area contributed by atoms with Crippen LogP contribution in [0.2, 0.25) is 0 Å². The lowest BCUT2D eigenvalue weighted by Gasteiger charge is -2.43. The molecule has 3 atom stereocenters. The molecule has 0 aromatic carbocycles. The van der Waals surface area contributed by atoms with E-state index < -0.39 is 6.10 Å². The largest absolute Gasteiger partial charge is 0.463 e. The van der Waals surface area contributed by atoms with E-state index in [-0.39, 0.29) is 5.41 Å². The maximum Gasteiger partial charge on any atom is 0.133 e. The fourth-order valence-corrected chi connectivity index (χ4v) is 2.96. The zero-order valence-electron chi connectivity index (χ0n) is 10.4. The number of aliphatic hydroxyl groups is 1. The minimum absolute atomic E-state index is 0.121. The highest BCUT2D eigenvalue weighted by Crippen LogP contribution is 2.52. The van der Waals surface area contributed by atoms with Gasteiger partial charge in [-0.2, -0.15) is 0 Å². The van der Waals surface area contributed by atoms with Crippen molar-refractivity contribution >= 4 is 0 Å². The monoisotopic (exact) mass is 235 g/mol. The number of hydrogen-bond acceptors (Lipinski definition) is 3. The normalized spacial score (nSPS) is 31.9. The molecular formula is C14H21NO2. The zero-order valence-corrected chi connectivity index (χ0v) is 10.4. The van der Waals surface area contributed by atoms with E-state index in [1.807, 2.05) is 12.1 Å². The highest BCUT2D eigenvalue weighted by atomic mass is 16.4. The van der Waals surface area contributed by atoms with Crippen LogP contribution in [-0.4, -0.2) is 11.7 Å². The molecule has 0 radical (unpaired) electrons. The smallest absolute Gasteiger partial charge is 0.133 e. The van der Waals surface area contributed by atoms with Crippen molar-refractivity contribution in [2.24, 2.45) is 17.1 Å². The van der Waals surface area contributed by atoms with Crippen LogP contribution in [0.15, 0.2) is 16.5 Å². The molecule has 3 heteroatoms. The molecule has 1 aromatic heterocycles. The van der Waals surface area contributed by atoms with Gasteiger partial charge in [0.25, 0.3) is 0 Å². The Morgan fingerprint density at radius 2 is 2.24 bits per heavy atom. The van der Waals surface area contributed by atoms with Gasteiger partial charge in [-0.25, -0.2) is 0 Å². The van der Waals surface area contributed by atoms with Crippen LogP contribution in [0.25, 0.3) is 0 Å². The highest BCUT2D eigenvalue weighted by molar-refractivity contribution is 5.20. The number of rotatable bonds is 4. The van der Waals surface area contributed by atoms with Gasteiger partial charge in [0.05, 0.1) is 0 Å². The third kappa shape index (κ3) is 1.72. The lowest BCUT2D eigenvalue weighted by atomic mass is 9.64. The van der Waals surface area contributed by atoms with Gasteiger partial charge < -0.3 is 15.3 Å². The number of aliphatic hydroxyl groups excluding tert-OH is 1. The van der Waals surface area contributed by atoms with E-state index in [0.717, 1.165) is 24.5 Å². The average Bonchev–Trinajstić information content (AvgIpc) is 2.80. The summed E-state index contributed by atoms with van der Waals surface area (Å²) in [4.78, 5) is 0. The van der Waals surface area contributed by atoms with E-state index in [9.17, 15) is 5.11 Å². The Kier molecular flexibility index (Phi) is 2.56. The third-order valence-electron chi connectivity index (χ3n) is 4.73. The molecule has 2 aliphatic carbocycles. The second-order valence-electron chi connectivity index (χ2n) is 5.88. The van der Waals surface area contributed by atoms with Gasteiger partial charge in [0.1, 0.15) is 17.6 Å². The molecule has 2 fully saturated rings. The van der Waals surface area contributed by atoms with Crippen LogP contribution in [0, 0.1) is 11.3 Å². The van der Waals surface area contributed by atoms with Crippen LogP contribution in [0.5, 0.6) is 0 Å². The van der Waals surface area contributed by atoms with Gasteiger partial charge in [-0.15, -0.1) is 0 Å². The van der Waals surface area contributed by atoms with Crippen LogP contribution in [-0.2, 0) is 0 Å². The molecule has 2 aliphatic rings. The Hall–Kier alpha value is -0.800. The van der Waals surface area contributed by atoms with Crippen LogP contribution in [0.4, 0.5) is 0 Å². The zero-order chi connectivity index (χ0) is 12.0. The van der Waals surface area contributed by atoms with Crippen molar-refractivity contribution < 1.29 is 9.52 Å². The standard InChI is InChI=1S/C14H21NO2/c1-9-7-10(9)11-3-4-12(17-11)13(16)14(8-15)5-2-6-14/h3-4,9-10,13,16H,2,5-8,15H2,1H3. The third-order valence-corrected chi connectivity index (χ3v) is 4.73. The Bertz CT molecular complexity index is 403. The molecule has 94 valence electrons. The van der Waals surface area contributed by atoms with E-state index in [1.165, 1.54) is 12.8 Å². The Balaban J connectivity index is 1.77. The second kappa shape index (κ2) is 3.85. The van der Waals surface area contributed by atoms with Crippen molar-refractivity contribution in [3.05, 3.63) is 23.7 Å². The fraction of sp³-hybridized carbons (Fsp3) is 0.714. The van der Waals surface area contributed by atoms with Crippen LogP contribution in [0.3, 0.4) is 0 Å². The van der Waals surface area contributed by atoms with Crippen molar-refractivity contribution in [2.75, 3.05) is 6.54 Å². The van der Waals surface area contributed by atoms with Crippen LogP contribution < -0.4 is 5.73 Å². The summed E-state index contributed by atoms with van der Waals surface area (Å²) >= 11 is 0. The lowest BCUT2D eigenvalue weighted by Crippen LogP contribution is -2.42. The van der Waals surface area contributed by atoms with Gasteiger partial charge in [-0.05, 0) is 37.3 Å². The predicted octanol–water partition coefficient (Wildman–Crippen LogP) is 2.57. The summed E-state index contributed by atoms with van der Waals surface area (Å²) in [5, 5.41) is 10.4. The van der Waals surface area contributed by atoms with E-state index in [1.54, 1.807) is 0 Å². The van der Waals surface area contributed by atoms with Gasteiger partial charge in [0.2, 0.25) is 0 Å². The topological polar surface area (TPSA) is 59.4 Å². The molecule has 0 bridgehead atoms. The summed E-state index contributed by atoms with van der Waals surface area (Å²) in [6, 6.07) is 3.95. The molecule has 3 N–H and O–H groups in total. The summed E-state index contributed by atoms with van der Waals surface area (Å²) in [6.07, 6.45) is 3.89. The van der Waals surface area contributed by atoms with Gasteiger partial charge in [-0.1, -0.05) is 13.3 Å². The maximum absolute atomic E-state index is 10.4. The van der Waals surface area contributed by atoms with Crippen LogP contribution in [0.1, 0.15) is 56.1 Å². The van der Waals surface area contributed by atoms with Gasteiger partial charge in [0.15, 0.2) is 0 Å². The van der Waals surface area contributed by atoms with E-state index in [0.29, 0.717) is 18.2 Å². The van der Waals surface area contributed by atoms with Crippen molar-refractivity contribution in [3.63, 3.8) is 0 Å². The van der Waals surface area contributed by atoms with E-state index in [2.05, 4.69) is 6.92 Å². The Morgan fingerprint density at radius 3 is 2.71 bits per heavy atom. The Labute approximate surface area is 102 Å². The molecular weight excluding hydrogens is 214 g/mol. The molecule has 0 saturated heterocycles. The summed E-state index contributed by atoms with van der Waals surface area (Å²) in [7, 11) is 0. The molecule has 0 amide bonds. The molecule has 1 aromatic rings. The quantitative estimate of drug-likeness (QED) is 0.843. The molecule has 17 heavy (non-hydrogen) atoms. The van der Waals surface area contributed by atoms with Gasteiger partial charge in [-0.3, -0.25) is 0 Å². The maximum atomic E-state index is 10.4. The number of furan rings is 1. The molecule has 1 heterocycles. The van der Waals surface area contributed by atoms with E-state index >= 15 is 0 Å². The summed E-state index contributed by atoms with van der Waals surface area (Å²) in [5.41, 5.74) is 5.69. The van der Waals surface area contributed by atoms with Crippen molar-refractivity contribution in [3.8, 4) is 0 Å². The molecule has 0 aliphatic heterocycles. The average molecular weight is 235 g/mol. The Morgan fingerprint density at radius 1 is 1.53 bits per heavy atom. The summed E-state index contributed by atoms with van der Waals surface area (Å²) in [5.74, 6) is 3.06. The van der Waals surface area contributed by atoms with Gasteiger partial charge >= 0.3 is 0 Å². The molecule has 0 spiro atoms. The fourth-order valence-electron chi connectivity index (χ4n) is 2.96. The van der Waals surface area contributed by atoms with Crippen molar-refractivity contribution in [2.45, 2.75) is 44.6 Å². The molecule has 3 rings (SSSR count). The highest BCUT2D eigenvalue weighted by Gasteiger charge is 2.45. The molecule has 2 saturated carbocycles. The van der Waals surface area contributed by atoms with Crippen molar-refractivity contribution in [1.29, 1.82) is 0 Å². The summed E-state index contributed by atoms with van der Waals surface area (Å²) < 4.78 is 5.82. The molecule has 3 nitrogen and oxygen atoms in total.